The minimum Gasteiger partial charge on any atom is -0.497 e. The number of nitrogens with zero attached hydrogens (tertiary/aromatic N) is 1. The smallest absolute Gasteiger partial charge is 0.410 e. The second-order valence-corrected chi connectivity index (χ2v) is 11.2. The van der Waals surface area contributed by atoms with E-state index < -0.39 is 21.8 Å². The average Bonchev–Trinajstić information content (AvgIpc) is 2.81. The molecule has 0 radical (unpaired) electrons. The number of methoxy groups -OCH3 is 1. The van der Waals surface area contributed by atoms with Crippen LogP contribution in [0.5, 0.6) is 5.75 Å². The van der Waals surface area contributed by atoms with Crippen molar-refractivity contribution in [1.82, 2.24) is 4.90 Å². The van der Waals surface area contributed by atoms with Crippen molar-refractivity contribution < 1.29 is 31.6 Å². The molecule has 1 heterocycles. The Kier molecular flexibility index (Phi) is 8.79. The summed E-state index contributed by atoms with van der Waals surface area (Å²) in [6.45, 7) is 8.16. The Labute approximate surface area is 208 Å². The molecule has 0 spiro atoms. The van der Waals surface area contributed by atoms with Crippen molar-refractivity contribution in [2.24, 2.45) is 0 Å². The van der Waals surface area contributed by atoms with E-state index in [1.165, 1.54) is 12.1 Å². The Morgan fingerprint density at radius 1 is 1.03 bits per heavy atom. The number of rotatable bonds is 8. The Morgan fingerprint density at radius 2 is 1.69 bits per heavy atom. The van der Waals surface area contributed by atoms with Gasteiger partial charge in [0.25, 0.3) is 10.1 Å². The van der Waals surface area contributed by atoms with Crippen LogP contribution in [0.3, 0.4) is 0 Å². The Bertz CT molecular complexity index is 1080. The highest BCUT2D eigenvalue weighted by molar-refractivity contribution is 7.86. The standard InChI is InChI=1S/C26H35NO7S/c1-19-6-12-22(13-7-19)35(29,30)33-17-16-32-24-18-27(25(28)34-26(2,3)4)15-14-23(24)20-8-10-21(31-5)11-9-20/h6-13,23-24H,14-18H2,1-5H3. The molecule has 1 aliphatic rings. The van der Waals surface area contributed by atoms with Gasteiger partial charge in [0, 0.05) is 12.5 Å². The summed E-state index contributed by atoms with van der Waals surface area (Å²) in [5, 5.41) is 0. The molecule has 2 aromatic rings. The average molecular weight is 506 g/mol. The zero-order chi connectivity index (χ0) is 25.6. The summed E-state index contributed by atoms with van der Waals surface area (Å²) in [6.07, 6.45) is -0.0634. The number of aryl methyl sites for hydroxylation is 1. The van der Waals surface area contributed by atoms with Gasteiger partial charge in [0.1, 0.15) is 11.4 Å². The molecule has 9 heteroatoms. The van der Waals surface area contributed by atoms with Crippen molar-refractivity contribution in [3.63, 3.8) is 0 Å². The van der Waals surface area contributed by atoms with E-state index in [9.17, 15) is 13.2 Å². The molecule has 192 valence electrons. The molecule has 0 bridgehead atoms. The number of benzene rings is 2. The molecule has 0 aliphatic carbocycles. The largest absolute Gasteiger partial charge is 0.497 e. The monoisotopic (exact) mass is 505 g/mol. The number of ether oxygens (including phenoxy) is 3. The van der Waals surface area contributed by atoms with E-state index in [2.05, 4.69) is 0 Å². The minimum atomic E-state index is -3.88. The summed E-state index contributed by atoms with van der Waals surface area (Å²) >= 11 is 0. The molecule has 1 amide bonds. The van der Waals surface area contributed by atoms with Crippen LogP contribution in [-0.4, -0.2) is 64.5 Å². The van der Waals surface area contributed by atoms with E-state index in [4.69, 9.17) is 18.4 Å². The lowest BCUT2D eigenvalue weighted by Gasteiger charge is -2.39. The second kappa shape index (κ2) is 11.4. The van der Waals surface area contributed by atoms with Gasteiger partial charge >= 0.3 is 6.09 Å². The first-order chi connectivity index (χ1) is 16.5. The summed E-state index contributed by atoms with van der Waals surface area (Å²) < 4.78 is 47.0. The summed E-state index contributed by atoms with van der Waals surface area (Å²) in [5.41, 5.74) is 1.43. The lowest BCUT2D eigenvalue weighted by atomic mass is 9.87. The third kappa shape index (κ3) is 7.68. The maximum absolute atomic E-state index is 12.7. The molecule has 1 saturated heterocycles. The lowest BCUT2D eigenvalue weighted by molar-refractivity contribution is -0.0354. The maximum atomic E-state index is 12.7. The van der Waals surface area contributed by atoms with Crippen LogP contribution in [-0.2, 0) is 23.8 Å². The molecule has 1 aliphatic heterocycles. The van der Waals surface area contributed by atoms with Crippen molar-refractivity contribution in [2.45, 2.75) is 56.6 Å². The minimum absolute atomic E-state index is 0.0216. The topological polar surface area (TPSA) is 91.4 Å². The fraction of sp³-hybridized carbons (Fsp3) is 0.500. The second-order valence-electron chi connectivity index (χ2n) is 9.59. The van der Waals surface area contributed by atoms with Gasteiger partial charge in [-0.25, -0.2) is 4.79 Å². The van der Waals surface area contributed by atoms with E-state index in [1.807, 2.05) is 52.0 Å². The predicted molar refractivity (Wildman–Crippen MR) is 132 cm³/mol. The Hall–Kier alpha value is -2.62. The number of amides is 1. The molecular formula is C26H35NO7S. The number of likely N-dealkylation sites (tertiary alicyclic amines) is 1. The number of carbonyl (C=O) groups excluding carboxylic acids is 1. The first kappa shape index (κ1) is 27.0. The van der Waals surface area contributed by atoms with Crippen molar-refractivity contribution in [3.05, 3.63) is 59.7 Å². The van der Waals surface area contributed by atoms with Gasteiger partial charge < -0.3 is 19.1 Å². The summed E-state index contributed by atoms with van der Waals surface area (Å²) in [6, 6.07) is 14.2. The fourth-order valence-corrected chi connectivity index (χ4v) is 4.82. The van der Waals surface area contributed by atoms with Crippen LogP contribution in [0.1, 0.15) is 44.2 Å². The fourth-order valence-electron chi connectivity index (χ4n) is 3.93. The zero-order valence-corrected chi connectivity index (χ0v) is 21.8. The van der Waals surface area contributed by atoms with E-state index in [0.29, 0.717) is 19.5 Å². The molecule has 0 aromatic heterocycles. The van der Waals surface area contributed by atoms with Crippen molar-refractivity contribution in [2.75, 3.05) is 33.4 Å². The van der Waals surface area contributed by atoms with Gasteiger partial charge in [-0.3, -0.25) is 4.18 Å². The molecule has 0 saturated carbocycles. The zero-order valence-electron chi connectivity index (χ0n) is 21.0. The van der Waals surface area contributed by atoms with Crippen LogP contribution < -0.4 is 4.74 Å². The van der Waals surface area contributed by atoms with Gasteiger partial charge in [0.15, 0.2) is 0 Å². The number of carbonyl (C=O) groups is 1. The molecule has 1 fully saturated rings. The third-order valence-electron chi connectivity index (χ3n) is 5.72. The van der Waals surface area contributed by atoms with Gasteiger partial charge in [-0.05, 0) is 63.9 Å². The molecule has 3 rings (SSSR count). The quantitative estimate of drug-likeness (QED) is 0.385. The van der Waals surface area contributed by atoms with Gasteiger partial charge in [-0.15, -0.1) is 0 Å². The SMILES string of the molecule is COc1ccc(C2CCN(C(=O)OC(C)(C)C)CC2OCCOS(=O)(=O)c2ccc(C)cc2)cc1. The van der Waals surface area contributed by atoms with Crippen LogP contribution in [0.4, 0.5) is 4.79 Å². The number of piperidine rings is 1. The van der Waals surface area contributed by atoms with Crippen LogP contribution in [0.2, 0.25) is 0 Å². The highest BCUT2D eigenvalue weighted by Gasteiger charge is 2.35. The molecule has 2 aromatic carbocycles. The van der Waals surface area contributed by atoms with Crippen molar-refractivity contribution >= 4 is 16.2 Å². The first-order valence-electron chi connectivity index (χ1n) is 11.7. The first-order valence-corrected chi connectivity index (χ1v) is 13.1. The van der Waals surface area contributed by atoms with Crippen molar-refractivity contribution in [1.29, 1.82) is 0 Å². The van der Waals surface area contributed by atoms with Crippen LogP contribution in [0, 0.1) is 6.92 Å². The third-order valence-corrected chi connectivity index (χ3v) is 7.04. The van der Waals surface area contributed by atoms with E-state index >= 15 is 0 Å². The van der Waals surface area contributed by atoms with Crippen LogP contribution >= 0.6 is 0 Å². The van der Waals surface area contributed by atoms with E-state index in [0.717, 1.165) is 16.9 Å². The summed E-state index contributed by atoms with van der Waals surface area (Å²) in [5.74, 6) is 0.778. The molecule has 2 unspecified atom stereocenters. The summed E-state index contributed by atoms with van der Waals surface area (Å²) in [7, 11) is -2.26. The highest BCUT2D eigenvalue weighted by atomic mass is 32.2. The highest BCUT2D eigenvalue weighted by Crippen LogP contribution is 2.32. The summed E-state index contributed by atoms with van der Waals surface area (Å²) in [4.78, 5) is 14.4. The normalized spacial score (nSPS) is 18.8. The van der Waals surface area contributed by atoms with E-state index in [1.54, 1.807) is 24.1 Å². The van der Waals surface area contributed by atoms with Gasteiger partial charge in [-0.1, -0.05) is 29.8 Å². The molecule has 2 atom stereocenters. The van der Waals surface area contributed by atoms with Crippen LogP contribution in [0.15, 0.2) is 53.4 Å². The van der Waals surface area contributed by atoms with Gasteiger partial charge in [0.2, 0.25) is 0 Å². The maximum Gasteiger partial charge on any atom is 0.410 e. The van der Waals surface area contributed by atoms with E-state index in [-0.39, 0.29) is 30.1 Å². The van der Waals surface area contributed by atoms with Crippen molar-refractivity contribution in [3.8, 4) is 5.75 Å². The molecule has 35 heavy (non-hydrogen) atoms. The number of hydrogen-bond donors (Lipinski definition) is 0. The van der Waals surface area contributed by atoms with Gasteiger partial charge in [-0.2, -0.15) is 8.42 Å². The Morgan fingerprint density at radius 3 is 2.29 bits per heavy atom. The van der Waals surface area contributed by atoms with Gasteiger partial charge in [0.05, 0.1) is 37.9 Å². The predicted octanol–water partition coefficient (Wildman–Crippen LogP) is 4.52. The van der Waals surface area contributed by atoms with Crippen LogP contribution in [0.25, 0.3) is 0 Å². The molecule has 0 N–H and O–H groups in total. The number of hydrogen-bond acceptors (Lipinski definition) is 7. The molecular weight excluding hydrogens is 470 g/mol. The molecule has 8 nitrogen and oxygen atoms in total. The lowest BCUT2D eigenvalue weighted by Crippen LogP contribution is -2.48. The Balaban J connectivity index is 1.66.